The molecule has 68 valence electrons. The average Bonchev–Trinajstić information content (AvgIpc) is 2.48. The van der Waals surface area contributed by atoms with Crippen molar-refractivity contribution in [2.45, 2.75) is 44.6 Å². The van der Waals surface area contributed by atoms with Gasteiger partial charge in [-0.1, -0.05) is 25.7 Å². The third-order valence-electron chi connectivity index (χ3n) is 3.01. The van der Waals surface area contributed by atoms with E-state index in [0.29, 0.717) is 0 Å². The van der Waals surface area contributed by atoms with Crippen LogP contribution < -0.4 is 0 Å². The molecule has 0 atom stereocenters. The van der Waals surface area contributed by atoms with Crippen molar-refractivity contribution in [3.05, 3.63) is 0 Å². The normalized spacial score (nSPS) is 26.2. The Morgan fingerprint density at radius 3 is 2.42 bits per heavy atom. The molecule has 0 aromatic carbocycles. The lowest BCUT2D eigenvalue weighted by Gasteiger charge is -2.25. The molecule has 1 aliphatic heterocycles. The molecule has 0 aromatic heterocycles. The van der Waals surface area contributed by atoms with Crippen LogP contribution in [0.5, 0.6) is 0 Å². The molecule has 0 spiro atoms. The van der Waals surface area contributed by atoms with Crippen molar-refractivity contribution >= 4 is 6.34 Å². The molecule has 1 fully saturated rings. The predicted molar refractivity (Wildman–Crippen MR) is 51.6 cm³/mol. The Balaban J connectivity index is 1.87. The lowest BCUT2D eigenvalue weighted by atomic mass is 10.1. The summed E-state index contributed by atoms with van der Waals surface area (Å²) < 4.78 is 0. The van der Waals surface area contributed by atoms with E-state index in [0.717, 1.165) is 12.6 Å². The molecular formula is C10H18N2. The van der Waals surface area contributed by atoms with Crippen LogP contribution in [0.4, 0.5) is 0 Å². The van der Waals surface area contributed by atoms with Crippen molar-refractivity contribution in [2.24, 2.45) is 4.99 Å². The fraction of sp³-hybridized carbons (Fsp3) is 0.900. The molecule has 0 N–H and O–H groups in total. The van der Waals surface area contributed by atoms with Gasteiger partial charge in [0.15, 0.2) is 0 Å². The van der Waals surface area contributed by atoms with Crippen LogP contribution in [0.2, 0.25) is 0 Å². The number of rotatable bonds is 1. The van der Waals surface area contributed by atoms with Gasteiger partial charge in [0, 0.05) is 12.6 Å². The van der Waals surface area contributed by atoms with Crippen molar-refractivity contribution in [1.29, 1.82) is 0 Å². The maximum Gasteiger partial charge on any atom is 0.0853 e. The molecular weight excluding hydrogens is 148 g/mol. The van der Waals surface area contributed by atoms with Gasteiger partial charge in [0.2, 0.25) is 0 Å². The van der Waals surface area contributed by atoms with E-state index in [-0.39, 0.29) is 0 Å². The molecule has 1 heterocycles. The fourth-order valence-corrected chi connectivity index (χ4v) is 2.26. The van der Waals surface area contributed by atoms with Crippen LogP contribution in [0, 0.1) is 0 Å². The van der Waals surface area contributed by atoms with E-state index in [1.54, 1.807) is 0 Å². The number of aliphatic imine (C=N–C) groups is 1. The molecule has 1 saturated carbocycles. The Bertz CT molecular complexity index is 157. The Labute approximate surface area is 74.7 Å². The highest BCUT2D eigenvalue weighted by Gasteiger charge is 2.19. The summed E-state index contributed by atoms with van der Waals surface area (Å²) >= 11 is 0. The number of hydrogen-bond donors (Lipinski definition) is 0. The monoisotopic (exact) mass is 166 g/mol. The van der Waals surface area contributed by atoms with Gasteiger partial charge in [0.05, 0.1) is 12.9 Å². The highest BCUT2D eigenvalue weighted by Crippen LogP contribution is 2.21. The Morgan fingerprint density at radius 2 is 1.83 bits per heavy atom. The molecule has 0 unspecified atom stereocenters. The molecule has 2 aliphatic rings. The van der Waals surface area contributed by atoms with Gasteiger partial charge in [-0.25, -0.2) is 0 Å². The first-order valence-corrected chi connectivity index (χ1v) is 5.22. The van der Waals surface area contributed by atoms with Crippen LogP contribution in [0.25, 0.3) is 0 Å². The predicted octanol–water partition coefficient (Wildman–Crippen LogP) is 2.05. The lowest BCUT2D eigenvalue weighted by Crippen LogP contribution is -2.32. The molecule has 0 amide bonds. The second-order valence-corrected chi connectivity index (χ2v) is 3.90. The summed E-state index contributed by atoms with van der Waals surface area (Å²) in [5.41, 5.74) is 0. The Kier molecular flexibility index (Phi) is 2.64. The van der Waals surface area contributed by atoms with Crippen molar-refractivity contribution in [3.63, 3.8) is 0 Å². The molecule has 0 radical (unpaired) electrons. The van der Waals surface area contributed by atoms with Crippen LogP contribution in [0.1, 0.15) is 38.5 Å². The van der Waals surface area contributed by atoms with Crippen molar-refractivity contribution in [1.82, 2.24) is 4.90 Å². The summed E-state index contributed by atoms with van der Waals surface area (Å²) in [5, 5.41) is 0. The zero-order chi connectivity index (χ0) is 8.23. The van der Waals surface area contributed by atoms with Gasteiger partial charge in [0.25, 0.3) is 0 Å². The summed E-state index contributed by atoms with van der Waals surface area (Å²) in [6.07, 6.45) is 10.6. The molecule has 1 aliphatic carbocycles. The van der Waals surface area contributed by atoms with E-state index in [1.807, 2.05) is 0 Å². The molecule has 2 heteroatoms. The zero-order valence-electron chi connectivity index (χ0n) is 7.71. The minimum atomic E-state index is 0.818. The second kappa shape index (κ2) is 3.92. The molecule has 2 nitrogen and oxygen atoms in total. The lowest BCUT2D eigenvalue weighted by molar-refractivity contribution is 0.311. The van der Waals surface area contributed by atoms with Crippen LogP contribution in [-0.2, 0) is 0 Å². The quantitative estimate of drug-likeness (QED) is 0.544. The molecule has 0 aromatic rings. The number of nitrogens with zero attached hydrogens (tertiary/aromatic N) is 2. The minimum Gasteiger partial charge on any atom is -0.358 e. The van der Waals surface area contributed by atoms with E-state index in [2.05, 4.69) is 16.2 Å². The highest BCUT2D eigenvalue weighted by molar-refractivity contribution is 5.57. The SMILES string of the molecule is C1=NCCN1C1CCCCCC1. The van der Waals surface area contributed by atoms with E-state index >= 15 is 0 Å². The van der Waals surface area contributed by atoms with Crippen molar-refractivity contribution < 1.29 is 0 Å². The van der Waals surface area contributed by atoms with Crippen LogP contribution >= 0.6 is 0 Å². The second-order valence-electron chi connectivity index (χ2n) is 3.90. The van der Waals surface area contributed by atoms with Gasteiger partial charge in [-0.3, -0.25) is 4.99 Å². The van der Waals surface area contributed by atoms with Crippen molar-refractivity contribution in [2.75, 3.05) is 13.1 Å². The summed E-state index contributed by atoms with van der Waals surface area (Å²) in [6.45, 7) is 2.20. The van der Waals surface area contributed by atoms with E-state index in [1.165, 1.54) is 45.1 Å². The minimum absolute atomic E-state index is 0.818. The first-order chi connectivity index (χ1) is 5.97. The maximum atomic E-state index is 4.27. The van der Waals surface area contributed by atoms with E-state index in [9.17, 15) is 0 Å². The first-order valence-electron chi connectivity index (χ1n) is 5.22. The highest BCUT2D eigenvalue weighted by atomic mass is 15.2. The van der Waals surface area contributed by atoms with E-state index < -0.39 is 0 Å². The standard InChI is InChI=1S/C10H18N2/c1-2-4-6-10(5-3-1)12-8-7-11-9-12/h9-10H,1-8H2. The molecule has 12 heavy (non-hydrogen) atoms. The molecule has 0 bridgehead atoms. The summed E-state index contributed by atoms with van der Waals surface area (Å²) in [6, 6.07) is 0.818. The smallest absolute Gasteiger partial charge is 0.0853 e. The van der Waals surface area contributed by atoms with Crippen LogP contribution in [0.15, 0.2) is 4.99 Å². The topological polar surface area (TPSA) is 15.6 Å². The van der Waals surface area contributed by atoms with Gasteiger partial charge in [0.1, 0.15) is 0 Å². The zero-order valence-corrected chi connectivity index (χ0v) is 7.71. The Hall–Kier alpha value is -0.530. The number of hydrogen-bond acceptors (Lipinski definition) is 2. The summed E-state index contributed by atoms with van der Waals surface area (Å²) in [4.78, 5) is 6.72. The van der Waals surface area contributed by atoms with Crippen molar-refractivity contribution in [3.8, 4) is 0 Å². The first kappa shape index (κ1) is 8.09. The third kappa shape index (κ3) is 1.79. The summed E-state index contributed by atoms with van der Waals surface area (Å²) in [5.74, 6) is 0. The van der Waals surface area contributed by atoms with Crippen LogP contribution in [-0.4, -0.2) is 30.4 Å². The largest absolute Gasteiger partial charge is 0.358 e. The van der Waals surface area contributed by atoms with Gasteiger partial charge in [-0.15, -0.1) is 0 Å². The van der Waals surface area contributed by atoms with Gasteiger partial charge in [-0.2, -0.15) is 0 Å². The third-order valence-corrected chi connectivity index (χ3v) is 3.01. The van der Waals surface area contributed by atoms with Gasteiger partial charge in [-0.05, 0) is 12.8 Å². The molecule has 2 rings (SSSR count). The maximum absolute atomic E-state index is 4.27. The van der Waals surface area contributed by atoms with Crippen LogP contribution in [0.3, 0.4) is 0 Å². The average molecular weight is 166 g/mol. The Morgan fingerprint density at radius 1 is 1.08 bits per heavy atom. The van der Waals surface area contributed by atoms with Gasteiger partial charge < -0.3 is 4.90 Å². The molecule has 0 saturated heterocycles. The van der Waals surface area contributed by atoms with Gasteiger partial charge >= 0.3 is 0 Å². The van der Waals surface area contributed by atoms with E-state index in [4.69, 9.17) is 0 Å². The fourth-order valence-electron chi connectivity index (χ4n) is 2.26. The summed E-state index contributed by atoms with van der Waals surface area (Å²) in [7, 11) is 0.